The van der Waals surface area contributed by atoms with Crippen LogP contribution in [0.25, 0.3) is 5.52 Å². The number of nitrogens with zero attached hydrogens (tertiary/aromatic N) is 4. The standard InChI is InChI=1S/C28H41F3N6O3/c1-34-17-32-33-26(34)25(20-15-40-16-20)19-4-3-5-21(11-19)36-14-24-23(28(29,30)31)10-18(13-37(24)27(36)38)12-35-8-6-22(39-2)7-9-35/h10,13-14,19-22,25-26,32-33H,3-9,11-12,15-17H2,1-2H3/t19?,21?,25-,26?/m0/s1. The molecule has 3 saturated heterocycles. The molecule has 3 aliphatic heterocycles. The monoisotopic (exact) mass is 566 g/mol. The highest BCUT2D eigenvalue weighted by Gasteiger charge is 2.44. The van der Waals surface area contributed by atoms with E-state index in [1.165, 1.54) is 16.7 Å². The van der Waals surface area contributed by atoms with E-state index in [0.717, 1.165) is 71.5 Å². The van der Waals surface area contributed by atoms with Crippen molar-refractivity contribution < 1.29 is 22.6 Å². The zero-order valence-corrected chi connectivity index (χ0v) is 23.3. The highest BCUT2D eigenvalue weighted by atomic mass is 19.4. The topological polar surface area (TPSA) is 75.4 Å². The molecule has 222 valence electrons. The van der Waals surface area contributed by atoms with E-state index < -0.39 is 11.7 Å². The van der Waals surface area contributed by atoms with Gasteiger partial charge in [0.05, 0.1) is 43.2 Å². The molecular weight excluding hydrogens is 525 g/mol. The lowest BCUT2D eigenvalue weighted by atomic mass is 9.70. The van der Waals surface area contributed by atoms with Crippen LogP contribution >= 0.6 is 0 Å². The van der Waals surface area contributed by atoms with Gasteiger partial charge in [-0.3, -0.25) is 18.8 Å². The fourth-order valence-electron chi connectivity index (χ4n) is 7.45. The molecular formula is C28H41F3N6O3. The second-order valence-corrected chi connectivity index (χ2v) is 12.2. The van der Waals surface area contributed by atoms with Crippen LogP contribution in [0.2, 0.25) is 0 Å². The van der Waals surface area contributed by atoms with Gasteiger partial charge < -0.3 is 9.47 Å². The highest BCUT2D eigenvalue weighted by molar-refractivity contribution is 5.56. The molecule has 4 fully saturated rings. The van der Waals surface area contributed by atoms with Crippen LogP contribution in [0, 0.1) is 17.8 Å². The first-order chi connectivity index (χ1) is 19.2. The van der Waals surface area contributed by atoms with E-state index in [1.54, 1.807) is 17.9 Å². The summed E-state index contributed by atoms with van der Waals surface area (Å²) in [6, 6.07) is 1.10. The van der Waals surface area contributed by atoms with Gasteiger partial charge in [0.25, 0.3) is 0 Å². The van der Waals surface area contributed by atoms with Gasteiger partial charge in [0, 0.05) is 51.1 Å². The van der Waals surface area contributed by atoms with Crippen molar-refractivity contribution in [2.24, 2.45) is 17.8 Å². The third-order valence-corrected chi connectivity index (χ3v) is 9.68. The molecule has 40 heavy (non-hydrogen) atoms. The molecule has 4 aliphatic rings. The number of pyridine rings is 1. The van der Waals surface area contributed by atoms with Gasteiger partial charge in [-0.2, -0.15) is 13.2 Å². The normalized spacial score (nSPS) is 28.8. The Hall–Kier alpha value is -1.96. The Morgan fingerprint density at radius 1 is 1.12 bits per heavy atom. The van der Waals surface area contributed by atoms with Gasteiger partial charge in [0.1, 0.15) is 0 Å². The zero-order valence-electron chi connectivity index (χ0n) is 23.3. The number of alkyl halides is 3. The van der Waals surface area contributed by atoms with Crippen LogP contribution in [0.15, 0.2) is 23.3 Å². The number of likely N-dealkylation sites (tertiary alicyclic amines) is 1. The lowest BCUT2D eigenvalue weighted by Crippen LogP contribution is -2.53. The summed E-state index contributed by atoms with van der Waals surface area (Å²) in [4.78, 5) is 18.1. The van der Waals surface area contributed by atoms with E-state index in [2.05, 4.69) is 27.7 Å². The quantitative estimate of drug-likeness (QED) is 0.534. The summed E-state index contributed by atoms with van der Waals surface area (Å²) in [6.45, 7) is 4.10. The fraction of sp³-hybridized carbons (Fsp3) is 0.750. The van der Waals surface area contributed by atoms with Crippen molar-refractivity contribution in [2.75, 3.05) is 47.1 Å². The maximum absolute atomic E-state index is 14.3. The van der Waals surface area contributed by atoms with E-state index in [4.69, 9.17) is 9.47 Å². The molecule has 0 bridgehead atoms. The summed E-state index contributed by atoms with van der Waals surface area (Å²) in [7, 11) is 3.78. The van der Waals surface area contributed by atoms with Crippen molar-refractivity contribution in [3.8, 4) is 0 Å². The van der Waals surface area contributed by atoms with Gasteiger partial charge in [-0.15, -0.1) is 0 Å². The molecule has 1 saturated carbocycles. The molecule has 2 N–H and O–H groups in total. The van der Waals surface area contributed by atoms with Gasteiger partial charge in [0.2, 0.25) is 0 Å². The molecule has 9 nitrogen and oxygen atoms in total. The Labute approximate surface area is 232 Å². The summed E-state index contributed by atoms with van der Waals surface area (Å²) in [5, 5.41) is 0. The predicted octanol–water partition coefficient (Wildman–Crippen LogP) is 3.05. The predicted molar refractivity (Wildman–Crippen MR) is 143 cm³/mol. The van der Waals surface area contributed by atoms with E-state index in [9.17, 15) is 18.0 Å². The molecule has 2 aromatic rings. The van der Waals surface area contributed by atoms with Gasteiger partial charge in [-0.1, -0.05) is 6.42 Å². The van der Waals surface area contributed by atoms with Crippen LogP contribution in [-0.2, 0) is 22.2 Å². The van der Waals surface area contributed by atoms with Crippen molar-refractivity contribution in [3.63, 3.8) is 0 Å². The van der Waals surface area contributed by atoms with Crippen molar-refractivity contribution in [1.82, 2.24) is 29.6 Å². The first-order valence-corrected chi connectivity index (χ1v) is 14.6. The summed E-state index contributed by atoms with van der Waals surface area (Å²) in [5.74, 6) is 1.11. The van der Waals surface area contributed by atoms with E-state index >= 15 is 0 Å². The number of hydrazine groups is 1. The number of halogens is 3. The lowest BCUT2D eigenvalue weighted by molar-refractivity contribution is -0.136. The first kappa shape index (κ1) is 28.2. The van der Waals surface area contributed by atoms with E-state index in [0.29, 0.717) is 29.9 Å². The number of nitrogens with one attached hydrogen (secondary N) is 2. The van der Waals surface area contributed by atoms with Crippen LogP contribution < -0.4 is 16.5 Å². The molecule has 12 heteroatoms. The number of fused-ring (bicyclic) bond motifs is 1. The highest BCUT2D eigenvalue weighted by Crippen LogP contribution is 2.43. The number of hydrogen-bond donors (Lipinski definition) is 2. The minimum absolute atomic E-state index is 0.0631. The number of piperidine rings is 1. The molecule has 0 amide bonds. The van der Waals surface area contributed by atoms with Crippen LogP contribution in [0.4, 0.5) is 13.2 Å². The SMILES string of the molecule is COC1CCN(Cc2cc(C(F)(F)F)c3cn(C4CCCC([C@@H](C5COC5)C5NNCN5C)C4)c(=O)n3c2)CC1. The second kappa shape index (κ2) is 11.4. The summed E-state index contributed by atoms with van der Waals surface area (Å²) in [6.07, 6.45) is 4.11. The van der Waals surface area contributed by atoms with Crippen molar-refractivity contribution >= 4 is 5.52 Å². The van der Waals surface area contributed by atoms with E-state index in [1.807, 2.05) is 0 Å². The minimum atomic E-state index is -4.56. The minimum Gasteiger partial charge on any atom is -0.381 e. The Bertz CT molecular complexity index is 1240. The number of rotatable bonds is 7. The Morgan fingerprint density at radius 3 is 2.52 bits per heavy atom. The van der Waals surface area contributed by atoms with Gasteiger partial charge in [0.15, 0.2) is 0 Å². The maximum atomic E-state index is 14.3. The van der Waals surface area contributed by atoms with E-state index in [-0.39, 0.29) is 29.5 Å². The van der Waals surface area contributed by atoms with Crippen molar-refractivity contribution in [2.45, 2.75) is 69.6 Å². The number of hydrogen-bond acceptors (Lipinski definition) is 7. The molecule has 5 heterocycles. The Balaban J connectivity index is 1.28. The first-order valence-electron chi connectivity index (χ1n) is 14.6. The Kier molecular flexibility index (Phi) is 8.01. The largest absolute Gasteiger partial charge is 0.418 e. The number of methoxy groups -OCH3 is 1. The summed E-state index contributed by atoms with van der Waals surface area (Å²) < 4.78 is 56.7. The summed E-state index contributed by atoms with van der Waals surface area (Å²) >= 11 is 0. The number of imidazole rings is 1. The summed E-state index contributed by atoms with van der Waals surface area (Å²) in [5.41, 5.74) is 5.97. The van der Waals surface area contributed by atoms with Crippen LogP contribution in [0.3, 0.4) is 0 Å². The lowest BCUT2D eigenvalue weighted by Gasteiger charge is -2.45. The third-order valence-electron chi connectivity index (χ3n) is 9.68. The van der Waals surface area contributed by atoms with Gasteiger partial charge >= 0.3 is 11.9 Å². The van der Waals surface area contributed by atoms with Gasteiger partial charge in [-0.25, -0.2) is 15.6 Å². The maximum Gasteiger partial charge on any atom is 0.418 e. The Morgan fingerprint density at radius 2 is 1.90 bits per heavy atom. The zero-order chi connectivity index (χ0) is 28.0. The molecule has 3 unspecified atom stereocenters. The molecule has 0 spiro atoms. The smallest absolute Gasteiger partial charge is 0.381 e. The molecule has 0 radical (unpaired) electrons. The van der Waals surface area contributed by atoms with Crippen LogP contribution in [0.5, 0.6) is 0 Å². The average molecular weight is 567 g/mol. The fourth-order valence-corrected chi connectivity index (χ4v) is 7.45. The molecule has 2 aromatic heterocycles. The van der Waals surface area contributed by atoms with Crippen LogP contribution in [-0.4, -0.2) is 78.2 Å². The number of aromatic nitrogens is 2. The molecule has 4 atom stereocenters. The number of ether oxygens (including phenoxy) is 2. The van der Waals surface area contributed by atoms with Gasteiger partial charge in [-0.05, 0) is 62.6 Å². The van der Waals surface area contributed by atoms with Crippen molar-refractivity contribution in [1.29, 1.82) is 0 Å². The van der Waals surface area contributed by atoms with Crippen LogP contribution in [0.1, 0.15) is 55.7 Å². The third kappa shape index (κ3) is 5.46. The molecule has 0 aromatic carbocycles. The van der Waals surface area contributed by atoms with Crippen molar-refractivity contribution in [3.05, 3.63) is 40.1 Å². The second-order valence-electron chi connectivity index (χ2n) is 12.2. The molecule has 6 rings (SSSR count). The average Bonchev–Trinajstić information content (AvgIpc) is 3.48. The molecule has 1 aliphatic carbocycles.